The number of aromatic nitrogens is 2. The lowest BCUT2D eigenvalue weighted by Crippen LogP contribution is -2.35. The molecule has 1 fully saturated rings. The van der Waals surface area contributed by atoms with Crippen LogP contribution in [0.3, 0.4) is 0 Å². The summed E-state index contributed by atoms with van der Waals surface area (Å²) in [7, 11) is 1.61. The number of Topliss-reactive ketones (excluding diaryl/α,β-unsaturated/α-hetero) is 1. The molecule has 120 valence electrons. The lowest BCUT2D eigenvalue weighted by Gasteiger charge is -2.18. The van der Waals surface area contributed by atoms with Crippen molar-refractivity contribution in [1.82, 2.24) is 15.1 Å². The van der Waals surface area contributed by atoms with E-state index in [1.165, 1.54) is 4.68 Å². The second-order valence-electron chi connectivity index (χ2n) is 5.66. The van der Waals surface area contributed by atoms with Crippen LogP contribution in [0.1, 0.15) is 26.2 Å². The monoisotopic (exact) mass is 306 g/mol. The lowest BCUT2D eigenvalue weighted by atomic mass is 10.1. The number of anilines is 1. The summed E-state index contributed by atoms with van der Waals surface area (Å²) in [6.45, 7) is 3.93. The van der Waals surface area contributed by atoms with Gasteiger partial charge in [-0.3, -0.25) is 14.4 Å². The average Bonchev–Trinajstić information content (AvgIpc) is 2.96. The van der Waals surface area contributed by atoms with Crippen molar-refractivity contribution >= 4 is 17.4 Å². The molecule has 1 N–H and O–H groups in total. The van der Waals surface area contributed by atoms with Crippen LogP contribution in [0.15, 0.2) is 17.1 Å². The molecule has 0 spiro atoms. The number of ketones is 1. The third-order valence-corrected chi connectivity index (χ3v) is 3.89. The summed E-state index contributed by atoms with van der Waals surface area (Å²) >= 11 is 0. The topological polar surface area (TPSA) is 84.3 Å². The molecule has 22 heavy (non-hydrogen) atoms. The number of hydrogen-bond donors (Lipinski definition) is 1. The lowest BCUT2D eigenvalue weighted by molar-refractivity contribution is -0.138. The molecule has 0 aliphatic carbocycles. The van der Waals surface area contributed by atoms with Crippen LogP contribution in [0.25, 0.3) is 0 Å². The fourth-order valence-electron chi connectivity index (χ4n) is 2.54. The van der Waals surface area contributed by atoms with Gasteiger partial charge in [0.25, 0.3) is 11.5 Å². The van der Waals surface area contributed by atoms with Crippen molar-refractivity contribution in [3.8, 4) is 0 Å². The molecular formula is C15H22N4O3. The highest BCUT2D eigenvalue weighted by Crippen LogP contribution is 2.21. The third-order valence-electron chi connectivity index (χ3n) is 3.89. The maximum absolute atomic E-state index is 11.6. The zero-order chi connectivity index (χ0) is 16.1. The molecule has 1 saturated heterocycles. The second kappa shape index (κ2) is 7.20. The smallest absolute Gasteiger partial charge is 0.287 e. The predicted molar refractivity (Wildman–Crippen MR) is 82.7 cm³/mol. The first kappa shape index (κ1) is 16.2. The molecule has 0 radical (unpaired) electrons. The first-order chi connectivity index (χ1) is 10.5. The highest BCUT2D eigenvalue weighted by molar-refractivity contribution is 6.36. The van der Waals surface area contributed by atoms with Gasteiger partial charge in [0.05, 0.1) is 11.9 Å². The van der Waals surface area contributed by atoms with Crippen LogP contribution in [0.2, 0.25) is 0 Å². The van der Waals surface area contributed by atoms with Gasteiger partial charge in [0.15, 0.2) is 0 Å². The highest BCUT2D eigenvalue weighted by Gasteiger charge is 2.24. The van der Waals surface area contributed by atoms with Gasteiger partial charge in [0.1, 0.15) is 0 Å². The fourth-order valence-corrected chi connectivity index (χ4v) is 2.54. The Labute approximate surface area is 129 Å². The molecule has 1 amide bonds. The van der Waals surface area contributed by atoms with Gasteiger partial charge in [0, 0.05) is 39.2 Å². The molecule has 1 atom stereocenters. The minimum Gasteiger partial charge on any atom is -0.370 e. The zero-order valence-corrected chi connectivity index (χ0v) is 13.0. The van der Waals surface area contributed by atoms with Crippen LogP contribution < -0.4 is 15.8 Å². The van der Waals surface area contributed by atoms with Crippen molar-refractivity contribution in [2.45, 2.75) is 26.2 Å². The normalized spacial score (nSPS) is 17.5. The summed E-state index contributed by atoms with van der Waals surface area (Å²) in [6.07, 6.45) is 3.56. The third kappa shape index (κ3) is 3.93. The Morgan fingerprint density at radius 2 is 2.23 bits per heavy atom. The molecule has 2 heterocycles. The van der Waals surface area contributed by atoms with E-state index in [-0.39, 0.29) is 17.3 Å². The number of nitrogens with zero attached hydrogens (tertiary/aromatic N) is 3. The zero-order valence-electron chi connectivity index (χ0n) is 13.0. The first-order valence-electron chi connectivity index (χ1n) is 7.60. The van der Waals surface area contributed by atoms with Crippen LogP contribution in [-0.2, 0) is 16.6 Å². The largest absolute Gasteiger partial charge is 0.370 e. The summed E-state index contributed by atoms with van der Waals surface area (Å²) in [5, 5.41) is 6.72. The number of carbonyl (C=O) groups is 2. The van der Waals surface area contributed by atoms with E-state index in [4.69, 9.17) is 0 Å². The maximum atomic E-state index is 11.6. The average molecular weight is 306 g/mol. The summed E-state index contributed by atoms with van der Waals surface area (Å²) in [4.78, 5) is 36.7. The first-order valence-corrected chi connectivity index (χ1v) is 7.60. The second-order valence-corrected chi connectivity index (χ2v) is 5.66. The number of carbonyl (C=O) groups excluding carboxylic acids is 2. The van der Waals surface area contributed by atoms with E-state index < -0.39 is 5.91 Å². The molecule has 2 rings (SSSR count). The van der Waals surface area contributed by atoms with E-state index in [2.05, 4.69) is 15.3 Å². The van der Waals surface area contributed by atoms with Gasteiger partial charge < -0.3 is 10.2 Å². The van der Waals surface area contributed by atoms with Crippen LogP contribution >= 0.6 is 0 Å². The molecular weight excluding hydrogens is 284 g/mol. The summed E-state index contributed by atoms with van der Waals surface area (Å²) < 4.78 is 1.29. The van der Waals surface area contributed by atoms with Crippen LogP contribution in [0.5, 0.6) is 0 Å². The minimum atomic E-state index is -0.490. The molecule has 0 bridgehead atoms. The van der Waals surface area contributed by atoms with Gasteiger partial charge in [-0.2, -0.15) is 5.10 Å². The number of aryl methyl sites for hydroxylation is 1. The molecule has 1 aliphatic heterocycles. The van der Waals surface area contributed by atoms with Gasteiger partial charge in [-0.25, -0.2) is 4.68 Å². The van der Waals surface area contributed by atoms with E-state index in [1.54, 1.807) is 19.3 Å². The van der Waals surface area contributed by atoms with Gasteiger partial charge >= 0.3 is 0 Å². The van der Waals surface area contributed by atoms with E-state index in [9.17, 15) is 14.4 Å². The molecule has 0 aromatic carbocycles. The molecule has 7 heteroatoms. The van der Waals surface area contributed by atoms with Crippen molar-refractivity contribution in [3.63, 3.8) is 0 Å². The summed E-state index contributed by atoms with van der Waals surface area (Å²) in [5.41, 5.74) is 0.665. The Morgan fingerprint density at radius 1 is 1.45 bits per heavy atom. The minimum absolute atomic E-state index is 0.139. The Bertz CT molecular complexity index is 611. The molecule has 1 aromatic heterocycles. The maximum Gasteiger partial charge on any atom is 0.287 e. The molecule has 1 aliphatic rings. The van der Waals surface area contributed by atoms with E-state index in [0.717, 1.165) is 25.2 Å². The van der Waals surface area contributed by atoms with Crippen molar-refractivity contribution in [2.75, 3.05) is 24.5 Å². The Morgan fingerprint density at radius 3 is 2.91 bits per heavy atom. The van der Waals surface area contributed by atoms with E-state index in [0.29, 0.717) is 19.4 Å². The number of amides is 1. The quantitative estimate of drug-likeness (QED) is 0.753. The Balaban J connectivity index is 1.85. The van der Waals surface area contributed by atoms with Crippen LogP contribution in [0.4, 0.5) is 5.69 Å². The summed E-state index contributed by atoms with van der Waals surface area (Å²) in [6, 6.07) is 1.57. The van der Waals surface area contributed by atoms with Crippen molar-refractivity contribution < 1.29 is 9.59 Å². The number of hydrogen-bond acceptors (Lipinski definition) is 5. The Kier molecular flexibility index (Phi) is 5.30. The van der Waals surface area contributed by atoms with Gasteiger partial charge in [-0.1, -0.05) is 6.92 Å². The molecule has 7 nitrogen and oxygen atoms in total. The van der Waals surface area contributed by atoms with Crippen LogP contribution in [-0.4, -0.2) is 41.1 Å². The molecule has 0 unspecified atom stereocenters. The van der Waals surface area contributed by atoms with Gasteiger partial charge in [0.2, 0.25) is 5.78 Å². The van der Waals surface area contributed by atoms with Crippen molar-refractivity contribution in [2.24, 2.45) is 13.0 Å². The van der Waals surface area contributed by atoms with E-state index in [1.807, 2.05) is 6.92 Å². The SMILES string of the molecule is CCCC(=O)C(=O)NC[C@H]1CCN(c2cnn(C)c(=O)c2)C1. The number of rotatable bonds is 6. The highest BCUT2D eigenvalue weighted by atomic mass is 16.2. The van der Waals surface area contributed by atoms with Crippen LogP contribution in [0, 0.1) is 5.92 Å². The Hall–Kier alpha value is -2.18. The predicted octanol–water partition coefficient (Wildman–Crippen LogP) is 0.0920. The van der Waals surface area contributed by atoms with Crippen molar-refractivity contribution in [1.29, 1.82) is 0 Å². The molecule has 0 saturated carbocycles. The standard InChI is InChI=1S/C15H22N4O3/c1-3-4-13(20)15(22)16-8-11-5-6-19(10-11)12-7-14(21)18(2)17-9-12/h7,9,11H,3-6,8,10H2,1-2H3,(H,16,22)/t11-/m1/s1. The van der Waals surface area contributed by atoms with E-state index >= 15 is 0 Å². The van der Waals surface area contributed by atoms with Gasteiger partial charge in [-0.15, -0.1) is 0 Å². The van der Waals surface area contributed by atoms with Gasteiger partial charge in [-0.05, 0) is 18.8 Å². The van der Waals surface area contributed by atoms with Crippen molar-refractivity contribution in [3.05, 3.63) is 22.6 Å². The molecule has 1 aromatic rings. The fraction of sp³-hybridized carbons (Fsp3) is 0.600. The number of nitrogens with one attached hydrogen (secondary N) is 1. The summed E-state index contributed by atoms with van der Waals surface area (Å²) in [5.74, 6) is -0.564.